The van der Waals surface area contributed by atoms with Gasteiger partial charge in [0.2, 0.25) is 0 Å². The summed E-state index contributed by atoms with van der Waals surface area (Å²) in [7, 11) is 1.62. The number of halogens is 3. The van der Waals surface area contributed by atoms with Gasteiger partial charge in [-0.1, -0.05) is 0 Å². The molecule has 5 nitrogen and oxygen atoms in total. The lowest BCUT2D eigenvalue weighted by Gasteiger charge is -2.29. The minimum absolute atomic E-state index is 0. The van der Waals surface area contributed by atoms with Crippen LogP contribution in [0, 0.1) is 0 Å². The van der Waals surface area contributed by atoms with Crippen LogP contribution in [-0.4, -0.2) is 42.3 Å². The van der Waals surface area contributed by atoms with Crippen molar-refractivity contribution in [3.8, 4) is 11.5 Å². The third kappa shape index (κ3) is 4.30. The Morgan fingerprint density at radius 2 is 1.67 bits per heavy atom. The zero-order valence-corrected chi connectivity index (χ0v) is 18.5. The first-order chi connectivity index (χ1) is 14.0. The molecule has 2 aromatic rings. The van der Waals surface area contributed by atoms with Crippen LogP contribution in [0.1, 0.15) is 31.2 Å². The largest absolute Gasteiger partial charge is 0.497 e. The Morgan fingerprint density at radius 1 is 1.00 bits per heavy atom. The lowest BCUT2D eigenvalue weighted by atomic mass is 9.99. The van der Waals surface area contributed by atoms with Crippen molar-refractivity contribution in [3.05, 3.63) is 54.1 Å². The summed E-state index contributed by atoms with van der Waals surface area (Å²) in [6.07, 6.45) is 4.18. The number of alkyl halides is 2. The Hall–Kier alpha value is -2.19. The fourth-order valence-corrected chi connectivity index (χ4v) is 4.24. The van der Waals surface area contributed by atoms with Gasteiger partial charge in [0.15, 0.2) is 6.54 Å². The number of rotatable bonds is 5. The molecule has 1 unspecified atom stereocenters. The summed E-state index contributed by atoms with van der Waals surface area (Å²) >= 11 is 0. The van der Waals surface area contributed by atoms with Crippen LogP contribution in [0.4, 0.5) is 14.5 Å². The maximum Gasteiger partial charge on any atom is 0.387 e. The van der Waals surface area contributed by atoms with E-state index in [9.17, 15) is 13.9 Å². The van der Waals surface area contributed by atoms with Crippen LogP contribution < -0.4 is 14.4 Å². The van der Waals surface area contributed by atoms with Crippen molar-refractivity contribution in [2.75, 3.05) is 25.1 Å². The molecule has 0 aliphatic carbocycles. The third-order valence-electron chi connectivity index (χ3n) is 5.61. The fraction of sp³-hybridized carbons (Fsp3) is 0.409. The highest BCUT2D eigenvalue weighted by molar-refractivity contribution is 8.93. The number of benzene rings is 2. The number of nitrogens with zero attached hydrogens (tertiary/aromatic N) is 2. The molecule has 0 fully saturated rings. The van der Waals surface area contributed by atoms with Crippen LogP contribution in [0.25, 0.3) is 0 Å². The Morgan fingerprint density at radius 3 is 2.30 bits per heavy atom. The zero-order chi connectivity index (χ0) is 20.4. The highest BCUT2D eigenvalue weighted by Crippen LogP contribution is 2.38. The number of ether oxygens (including phenoxy) is 2. The van der Waals surface area contributed by atoms with Gasteiger partial charge in [-0.25, -0.2) is 0 Å². The lowest BCUT2D eigenvalue weighted by molar-refractivity contribution is -0.534. The molecule has 2 aliphatic heterocycles. The molecule has 0 amide bonds. The predicted octanol–water partition coefficient (Wildman–Crippen LogP) is 4.52. The quantitative estimate of drug-likeness (QED) is 0.634. The highest BCUT2D eigenvalue weighted by Gasteiger charge is 2.54. The molecule has 0 saturated carbocycles. The summed E-state index contributed by atoms with van der Waals surface area (Å²) in [5, 5.41) is 11.8. The fourth-order valence-electron chi connectivity index (χ4n) is 4.24. The monoisotopic (exact) mass is 483 g/mol. The van der Waals surface area contributed by atoms with E-state index in [0.29, 0.717) is 12.1 Å². The summed E-state index contributed by atoms with van der Waals surface area (Å²) in [5.41, 5.74) is 0.195. The normalized spacial score (nSPS) is 21.2. The SMILES string of the molecule is Br.COc1ccc(N2C3=[N+](CCCCC3)CC2(O)c2ccc(OC(F)F)cc2)cc1. The number of methoxy groups -OCH3 is 1. The smallest absolute Gasteiger partial charge is 0.387 e. The molecule has 8 heteroatoms. The van der Waals surface area contributed by atoms with Gasteiger partial charge in [-0.15, -0.1) is 17.0 Å². The van der Waals surface area contributed by atoms with E-state index in [2.05, 4.69) is 9.31 Å². The molecule has 0 spiro atoms. The first-order valence-corrected chi connectivity index (χ1v) is 9.84. The molecule has 2 aliphatic rings. The molecule has 1 N–H and O–H groups in total. The van der Waals surface area contributed by atoms with Gasteiger partial charge in [-0.05, 0) is 67.8 Å². The summed E-state index contributed by atoms with van der Waals surface area (Å²) in [4.78, 5) is 1.97. The van der Waals surface area contributed by atoms with Gasteiger partial charge in [-0.3, -0.25) is 4.58 Å². The van der Waals surface area contributed by atoms with E-state index in [1.807, 2.05) is 29.2 Å². The highest BCUT2D eigenvalue weighted by atomic mass is 79.9. The number of aliphatic hydroxyl groups is 1. The van der Waals surface area contributed by atoms with Gasteiger partial charge in [0.05, 0.1) is 13.7 Å². The summed E-state index contributed by atoms with van der Waals surface area (Å²) in [6.45, 7) is -1.57. The van der Waals surface area contributed by atoms with E-state index in [1.165, 1.54) is 12.1 Å². The van der Waals surface area contributed by atoms with Crippen molar-refractivity contribution in [1.29, 1.82) is 0 Å². The minimum Gasteiger partial charge on any atom is -0.497 e. The Kier molecular flexibility index (Phi) is 6.98. The molecule has 162 valence electrons. The molecule has 30 heavy (non-hydrogen) atoms. The van der Waals surface area contributed by atoms with Crippen molar-refractivity contribution >= 4 is 28.5 Å². The molecular formula is C22H26BrF2N2O3+. The first-order valence-electron chi connectivity index (χ1n) is 9.84. The predicted molar refractivity (Wildman–Crippen MR) is 116 cm³/mol. The average Bonchev–Trinajstić information content (AvgIpc) is 2.84. The Labute approximate surface area is 185 Å². The number of amidine groups is 1. The molecule has 2 aromatic carbocycles. The maximum absolute atomic E-state index is 12.5. The second kappa shape index (κ2) is 9.31. The third-order valence-corrected chi connectivity index (χ3v) is 5.61. The van der Waals surface area contributed by atoms with E-state index in [-0.39, 0.29) is 22.7 Å². The van der Waals surface area contributed by atoms with Gasteiger partial charge in [0.25, 0.3) is 11.6 Å². The molecule has 2 heterocycles. The molecular weight excluding hydrogens is 458 g/mol. The van der Waals surface area contributed by atoms with E-state index < -0.39 is 12.3 Å². The molecule has 4 rings (SSSR count). The number of anilines is 1. The summed E-state index contributed by atoms with van der Waals surface area (Å²) in [5.74, 6) is 1.90. The molecule has 0 radical (unpaired) electrons. The van der Waals surface area contributed by atoms with E-state index in [0.717, 1.165) is 49.5 Å². The van der Waals surface area contributed by atoms with Crippen LogP contribution >= 0.6 is 17.0 Å². The Bertz CT molecular complexity index is 890. The topological polar surface area (TPSA) is 44.9 Å². The molecule has 1 atom stereocenters. The van der Waals surface area contributed by atoms with Gasteiger partial charge < -0.3 is 14.6 Å². The number of hydrogen-bond acceptors (Lipinski definition) is 4. The van der Waals surface area contributed by atoms with Gasteiger partial charge >= 0.3 is 6.61 Å². The second-order valence-electron chi connectivity index (χ2n) is 7.40. The van der Waals surface area contributed by atoms with Crippen LogP contribution in [0.15, 0.2) is 48.5 Å². The molecule has 0 saturated heterocycles. The van der Waals surface area contributed by atoms with Crippen molar-refractivity contribution in [1.82, 2.24) is 0 Å². The van der Waals surface area contributed by atoms with Crippen LogP contribution in [-0.2, 0) is 5.72 Å². The van der Waals surface area contributed by atoms with Gasteiger partial charge in [0.1, 0.15) is 17.2 Å². The van der Waals surface area contributed by atoms with E-state index in [4.69, 9.17) is 4.74 Å². The maximum atomic E-state index is 12.5. The van der Waals surface area contributed by atoms with Gasteiger partial charge in [-0.2, -0.15) is 13.7 Å². The lowest BCUT2D eigenvalue weighted by Crippen LogP contribution is -2.47. The van der Waals surface area contributed by atoms with Crippen molar-refractivity contribution in [2.24, 2.45) is 0 Å². The van der Waals surface area contributed by atoms with Gasteiger partial charge in [0, 0.05) is 12.0 Å². The Balaban J connectivity index is 0.00000256. The standard InChI is InChI=1S/C22H25F2N2O3.BrH/c1-28-18-12-8-17(9-13-18)26-20-5-3-2-4-14-25(20)15-22(26,27)16-6-10-19(11-7-16)29-21(23)24;/h6-13,21,27H,2-5,14-15H2,1H3;1H/q+1;. The summed E-state index contributed by atoms with van der Waals surface area (Å²) < 4.78 is 36.9. The molecule has 0 aromatic heterocycles. The molecule has 0 bridgehead atoms. The van der Waals surface area contributed by atoms with Crippen molar-refractivity contribution in [3.63, 3.8) is 0 Å². The minimum atomic E-state index is -2.88. The van der Waals surface area contributed by atoms with Crippen molar-refractivity contribution < 1.29 is 27.9 Å². The number of hydrogen-bond donors (Lipinski definition) is 1. The van der Waals surface area contributed by atoms with Crippen LogP contribution in [0.5, 0.6) is 11.5 Å². The average molecular weight is 484 g/mol. The van der Waals surface area contributed by atoms with E-state index in [1.54, 1.807) is 19.2 Å². The second-order valence-corrected chi connectivity index (χ2v) is 7.40. The summed E-state index contributed by atoms with van der Waals surface area (Å²) in [6, 6.07) is 13.9. The van der Waals surface area contributed by atoms with Crippen molar-refractivity contribution in [2.45, 2.75) is 38.0 Å². The van der Waals surface area contributed by atoms with Crippen LogP contribution in [0.3, 0.4) is 0 Å². The first kappa shape index (κ1) is 22.5. The van der Waals surface area contributed by atoms with Crippen LogP contribution in [0.2, 0.25) is 0 Å². The van der Waals surface area contributed by atoms with E-state index >= 15 is 0 Å². The zero-order valence-electron chi connectivity index (χ0n) is 16.8.